The molecule has 0 bridgehead atoms. The van der Waals surface area contributed by atoms with Gasteiger partial charge in [-0.15, -0.1) is 24.0 Å². The third-order valence-corrected chi connectivity index (χ3v) is 5.95. The Balaban J connectivity index is 0.00000242. The van der Waals surface area contributed by atoms with E-state index in [0.29, 0.717) is 31.6 Å². The molecule has 0 radical (unpaired) electrons. The van der Waals surface area contributed by atoms with Crippen molar-refractivity contribution in [1.82, 2.24) is 10.2 Å². The van der Waals surface area contributed by atoms with E-state index in [1.807, 2.05) is 0 Å². The maximum absolute atomic E-state index is 11.3. The fourth-order valence-corrected chi connectivity index (χ4v) is 4.24. The Morgan fingerprint density at radius 1 is 1.14 bits per heavy atom. The molecule has 0 amide bonds. The molecule has 130 valence electrons. The number of nitrogens with zero attached hydrogens (tertiary/aromatic N) is 2. The maximum Gasteiger partial charge on any atom is 0.188 e. The number of nitrogens with two attached hydrogens (primary N) is 1. The number of aliphatic imine (C=N–C) groups is 1. The van der Waals surface area contributed by atoms with Crippen LogP contribution >= 0.6 is 24.0 Å². The van der Waals surface area contributed by atoms with Crippen LogP contribution in [-0.2, 0) is 9.84 Å². The highest BCUT2D eigenvalue weighted by Gasteiger charge is 2.20. The van der Waals surface area contributed by atoms with Crippen molar-refractivity contribution in [2.75, 3.05) is 37.7 Å². The van der Waals surface area contributed by atoms with Gasteiger partial charge in [0.25, 0.3) is 0 Å². The van der Waals surface area contributed by atoms with Gasteiger partial charge in [0.15, 0.2) is 15.8 Å². The van der Waals surface area contributed by atoms with E-state index >= 15 is 0 Å². The van der Waals surface area contributed by atoms with Crippen LogP contribution in [0, 0.1) is 0 Å². The van der Waals surface area contributed by atoms with E-state index in [1.165, 1.54) is 38.5 Å². The van der Waals surface area contributed by atoms with E-state index in [9.17, 15) is 8.42 Å². The lowest BCUT2D eigenvalue weighted by molar-refractivity contribution is 0.304. The van der Waals surface area contributed by atoms with Crippen molar-refractivity contribution >= 4 is 39.8 Å². The number of guanidine groups is 1. The van der Waals surface area contributed by atoms with Crippen LogP contribution in [0.15, 0.2) is 4.99 Å². The standard InChI is InChI=1S/C14H28N4O2S.HI/c15-14(17-13-5-3-1-2-4-6-13)16-7-8-18-9-11-21(19,20)12-10-18;/h13H,1-12H2,(H3,15,16,17);1H. The fourth-order valence-electron chi connectivity index (χ4n) is 2.96. The van der Waals surface area contributed by atoms with Gasteiger partial charge in [-0.1, -0.05) is 25.7 Å². The first-order chi connectivity index (χ1) is 10.1. The van der Waals surface area contributed by atoms with E-state index in [-0.39, 0.29) is 35.5 Å². The number of sulfone groups is 1. The summed E-state index contributed by atoms with van der Waals surface area (Å²) in [6, 6.07) is 0.469. The van der Waals surface area contributed by atoms with Crippen LogP contribution in [0.2, 0.25) is 0 Å². The van der Waals surface area contributed by atoms with E-state index in [0.717, 1.165) is 6.54 Å². The van der Waals surface area contributed by atoms with Gasteiger partial charge >= 0.3 is 0 Å². The molecule has 0 atom stereocenters. The summed E-state index contributed by atoms with van der Waals surface area (Å²) in [5, 5.41) is 3.32. The molecule has 0 aromatic heterocycles. The van der Waals surface area contributed by atoms with Gasteiger partial charge in [0.2, 0.25) is 0 Å². The summed E-state index contributed by atoms with van der Waals surface area (Å²) >= 11 is 0. The van der Waals surface area contributed by atoms with Crippen LogP contribution in [-0.4, -0.2) is 63.0 Å². The molecule has 2 fully saturated rings. The number of rotatable bonds is 4. The fraction of sp³-hybridized carbons (Fsp3) is 0.929. The quantitative estimate of drug-likeness (QED) is 0.292. The third-order valence-electron chi connectivity index (χ3n) is 4.34. The Morgan fingerprint density at radius 3 is 2.32 bits per heavy atom. The molecule has 0 aromatic rings. The maximum atomic E-state index is 11.3. The number of halogens is 1. The Bertz CT molecular complexity index is 434. The predicted octanol–water partition coefficient (Wildman–Crippen LogP) is 0.962. The summed E-state index contributed by atoms with van der Waals surface area (Å²) in [4.78, 5) is 6.51. The van der Waals surface area contributed by atoms with Gasteiger partial charge in [-0.25, -0.2) is 8.42 Å². The molecule has 1 saturated carbocycles. The topological polar surface area (TPSA) is 87.8 Å². The molecular weight excluding hydrogens is 415 g/mol. The molecule has 6 nitrogen and oxygen atoms in total. The van der Waals surface area contributed by atoms with Gasteiger partial charge < -0.3 is 11.1 Å². The summed E-state index contributed by atoms with van der Waals surface area (Å²) in [5.41, 5.74) is 5.94. The second-order valence-electron chi connectivity index (χ2n) is 6.09. The van der Waals surface area contributed by atoms with Gasteiger partial charge in [-0.05, 0) is 12.8 Å². The van der Waals surface area contributed by atoms with Crippen molar-refractivity contribution < 1.29 is 8.42 Å². The Hall–Kier alpha value is -0.0900. The summed E-state index contributed by atoms with van der Waals surface area (Å²) in [6.45, 7) is 2.65. The molecule has 3 N–H and O–H groups in total. The van der Waals surface area contributed by atoms with Crippen LogP contribution in [0.25, 0.3) is 0 Å². The lowest BCUT2D eigenvalue weighted by atomic mass is 10.1. The van der Waals surface area contributed by atoms with E-state index in [4.69, 9.17) is 5.73 Å². The van der Waals surface area contributed by atoms with Crippen molar-refractivity contribution in [2.24, 2.45) is 10.7 Å². The average Bonchev–Trinajstić information content (AvgIpc) is 2.69. The highest BCUT2D eigenvalue weighted by molar-refractivity contribution is 14.0. The van der Waals surface area contributed by atoms with Gasteiger partial charge in [0.05, 0.1) is 18.1 Å². The molecule has 2 aliphatic rings. The zero-order valence-corrected chi connectivity index (χ0v) is 16.3. The van der Waals surface area contributed by atoms with E-state index in [2.05, 4.69) is 15.2 Å². The normalized spacial score (nSPS) is 24.3. The van der Waals surface area contributed by atoms with Gasteiger partial charge in [-0.3, -0.25) is 9.89 Å². The first-order valence-electron chi connectivity index (χ1n) is 8.04. The molecule has 1 aliphatic carbocycles. The van der Waals surface area contributed by atoms with E-state index < -0.39 is 9.84 Å². The molecule has 2 rings (SSSR count). The largest absolute Gasteiger partial charge is 0.370 e. The summed E-state index contributed by atoms with van der Waals surface area (Å²) in [5.74, 6) is 1.07. The summed E-state index contributed by atoms with van der Waals surface area (Å²) in [6.07, 6.45) is 7.56. The predicted molar refractivity (Wildman–Crippen MR) is 102 cm³/mol. The monoisotopic (exact) mass is 444 g/mol. The number of hydrogen-bond acceptors (Lipinski definition) is 4. The van der Waals surface area contributed by atoms with Crippen LogP contribution in [0.5, 0.6) is 0 Å². The average molecular weight is 444 g/mol. The van der Waals surface area contributed by atoms with Crippen LogP contribution in [0.3, 0.4) is 0 Å². The molecule has 0 aromatic carbocycles. The third kappa shape index (κ3) is 7.45. The van der Waals surface area contributed by atoms with Crippen molar-refractivity contribution in [3.8, 4) is 0 Å². The zero-order valence-electron chi connectivity index (χ0n) is 13.2. The summed E-state index contributed by atoms with van der Waals surface area (Å²) < 4.78 is 22.7. The highest BCUT2D eigenvalue weighted by Crippen LogP contribution is 2.16. The molecule has 8 heteroatoms. The number of nitrogens with one attached hydrogen (secondary N) is 1. The molecule has 1 saturated heterocycles. The lowest BCUT2D eigenvalue weighted by Gasteiger charge is -2.25. The van der Waals surface area contributed by atoms with Crippen molar-refractivity contribution in [3.05, 3.63) is 0 Å². The minimum atomic E-state index is -2.79. The van der Waals surface area contributed by atoms with Crippen molar-refractivity contribution in [1.29, 1.82) is 0 Å². The Kier molecular flexibility index (Phi) is 9.00. The van der Waals surface area contributed by atoms with Crippen molar-refractivity contribution in [2.45, 2.75) is 44.6 Å². The first kappa shape index (κ1) is 20.0. The van der Waals surface area contributed by atoms with Gasteiger partial charge in [0.1, 0.15) is 0 Å². The van der Waals surface area contributed by atoms with Crippen LogP contribution < -0.4 is 11.1 Å². The molecule has 1 aliphatic heterocycles. The number of hydrogen-bond donors (Lipinski definition) is 2. The highest BCUT2D eigenvalue weighted by atomic mass is 127. The lowest BCUT2D eigenvalue weighted by Crippen LogP contribution is -2.42. The Labute approximate surface area is 151 Å². The molecule has 0 spiro atoms. The smallest absolute Gasteiger partial charge is 0.188 e. The molecule has 22 heavy (non-hydrogen) atoms. The summed E-state index contributed by atoms with van der Waals surface area (Å²) in [7, 11) is -2.79. The van der Waals surface area contributed by atoms with Gasteiger partial charge in [0, 0.05) is 25.7 Å². The molecular formula is C14H29IN4O2S. The molecule has 0 unspecified atom stereocenters. The van der Waals surface area contributed by atoms with E-state index in [1.54, 1.807) is 0 Å². The Morgan fingerprint density at radius 2 is 1.73 bits per heavy atom. The second-order valence-corrected chi connectivity index (χ2v) is 8.40. The minimum Gasteiger partial charge on any atom is -0.370 e. The van der Waals surface area contributed by atoms with Gasteiger partial charge in [-0.2, -0.15) is 0 Å². The van der Waals surface area contributed by atoms with Crippen LogP contribution in [0.4, 0.5) is 0 Å². The minimum absolute atomic E-state index is 0. The first-order valence-corrected chi connectivity index (χ1v) is 9.86. The van der Waals surface area contributed by atoms with Crippen LogP contribution in [0.1, 0.15) is 38.5 Å². The SMILES string of the molecule is I.NC(=NCCN1CCS(=O)(=O)CC1)NC1CCCCCC1. The van der Waals surface area contributed by atoms with Crippen molar-refractivity contribution in [3.63, 3.8) is 0 Å². The molecule has 1 heterocycles. The second kappa shape index (κ2) is 9.92. The zero-order chi connectivity index (χ0) is 15.1.